The number of hydrogen-bond acceptors (Lipinski definition) is 3. The van der Waals surface area contributed by atoms with Gasteiger partial charge >= 0.3 is 0 Å². The number of anilines is 2. The Morgan fingerprint density at radius 2 is 1.92 bits per heavy atom. The summed E-state index contributed by atoms with van der Waals surface area (Å²) in [6.07, 6.45) is 11.4. The number of allylic oxidation sites excluding steroid dienone is 3. The number of aromatic nitrogens is 1. The third kappa shape index (κ3) is 5.35. The van der Waals surface area contributed by atoms with Gasteiger partial charge < -0.3 is 10.2 Å². The summed E-state index contributed by atoms with van der Waals surface area (Å²) in [7, 11) is 1.91. The predicted molar refractivity (Wildman–Crippen MR) is 109 cm³/mol. The van der Waals surface area contributed by atoms with Gasteiger partial charge in [-0.2, -0.15) is 0 Å². The molecular weight excluding hydrogens is 306 g/mol. The van der Waals surface area contributed by atoms with E-state index < -0.39 is 0 Å². The second-order valence-corrected chi connectivity index (χ2v) is 5.98. The molecule has 25 heavy (non-hydrogen) atoms. The lowest BCUT2D eigenvalue weighted by molar-refractivity contribution is 0.741. The highest BCUT2D eigenvalue weighted by molar-refractivity contribution is 5.53. The summed E-state index contributed by atoms with van der Waals surface area (Å²) in [6.45, 7) is 8.19. The zero-order chi connectivity index (χ0) is 18.1. The number of aryl methyl sites for hydroxylation is 1. The van der Waals surface area contributed by atoms with Crippen molar-refractivity contribution >= 4 is 11.5 Å². The number of pyridine rings is 1. The van der Waals surface area contributed by atoms with E-state index in [0.717, 1.165) is 23.6 Å². The summed E-state index contributed by atoms with van der Waals surface area (Å²) in [5.74, 6) is 1.00. The number of rotatable bonds is 4. The van der Waals surface area contributed by atoms with Crippen LogP contribution in [0.3, 0.4) is 0 Å². The van der Waals surface area contributed by atoms with E-state index in [1.54, 1.807) is 0 Å². The van der Waals surface area contributed by atoms with E-state index in [1.807, 2.05) is 56.6 Å². The van der Waals surface area contributed by atoms with Crippen molar-refractivity contribution in [3.05, 3.63) is 90.8 Å². The Kier molecular flexibility index (Phi) is 7.02. The molecule has 1 heterocycles. The van der Waals surface area contributed by atoms with Crippen LogP contribution in [0.5, 0.6) is 0 Å². The summed E-state index contributed by atoms with van der Waals surface area (Å²) in [6, 6.07) is 14.4. The average molecular weight is 333 g/mol. The first-order chi connectivity index (χ1) is 12.1. The van der Waals surface area contributed by atoms with E-state index >= 15 is 0 Å². The first-order valence-corrected chi connectivity index (χ1v) is 8.56. The van der Waals surface area contributed by atoms with Crippen LogP contribution in [0.1, 0.15) is 18.9 Å². The van der Waals surface area contributed by atoms with Crippen LogP contribution in [0.2, 0.25) is 0 Å². The fourth-order valence-corrected chi connectivity index (χ4v) is 2.71. The predicted octanol–water partition coefficient (Wildman–Crippen LogP) is 5.34. The number of nitrogens with one attached hydrogen (secondary N) is 1. The van der Waals surface area contributed by atoms with Gasteiger partial charge in [-0.1, -0.05) is 55.1 Å². The lowest BCUT2D eigenvalue weighted by Gasteiger charge is -2.32. The van der Waals surface area contributed by atoms with Crippen LogP contribution in [0.15, 0.2) is 85.2 Å². The molecule has 1 aliphatic carbocycles. The summed E-state index contributed by atoms with van der Waals surface area (Å²) < 4.78 is 0. The SMILES string of the molecule is C=C(C)N(c1ncccc1C)C1C=CC=CC1.CNc1ccccc1. The Labute approximate surface area is 151 Å². The van der Waals surface area contributed by atoms with Crippen molar-refractivity contribution in [1.82, 2.24) is 4.98 Å². The lowest BCUT2D eigenvalue weighted by Crippen LogP contribution is -2.33. The highest BCUT2D eigenvalue weighted by Gasteiger charge is 2.19. The molecule has 1 aliphatic rings. The minimum atomic E-state index is 0.325. The molecule has 0 spiro atoms. The normalized spacial score (nSPS) is 15.1. The lowest BCUT2D eigenvalue weighted by atomic mass is 10.1. The molecule has 3 heteroatoms. The minimum absolute atomic E-state index is 0.325. The van der Waals surface area contributed by atoms with Gasteiger partial charge in [0.2, 0.25) is 0 Å². The quantitative estimate of drug-likeness (QED) is 0.818. The van der Waals surface area contributed by atoms with Gasteiger partial charge in [0, 0.05) is 24.6 Å². The van der Waals surface area contributed by atoms with Crippen LogP contribution in [0.4, 0.5) is 11.5 Å². The third-order valence-corrected chi connectivity index (χ3v) is 3.97. The van der Waals surface area contributed by atoms with Crippen LogP contribution in [-0.4, -0.2) is 18.1 Å². The van der Waals surface area contributed by atoms with E-state index in [2.05, 4.69) is 59.1 Å². The average Bonchev–Trinajstić information content (AvgIpc) is 2.65. The van der Waals surface area contributed by atoms with Crippen molar-refractivity contribution in [3.8, 4) is 0 Å². The fourth-order valence-electron chi connectivity index (χ4n) is 2.71. The largest absolute Gasteiger partial charge is 0.388 e. The van der Waals surface area contributed by atoms with Crippen LogP contribution in [-0.2, 0) is 0 Å². The van der Waals surface area contributed by atoms with Crippen LogP contribution >= 0.6 is 0 Å². The molecule has 1 atom stereocenters. The van der Waals surface area contributed by atoms with Crippen LogP contribution in [0, 0.1) is 6.92 Å². The third-order valence-electron chi connectivity index (χ3n) is 3.97. The van der Waals surface area contributed by atoms with Gasteiger partial charge in [0.1, 0.15) is 5.82 Å². The maximum atomic E-state index is 4.48. The molecule has 1 N–H and O–H groups in total. The van der Waals surface area contributed by atoms with Gasteiger partial charge in [-0.25, -0.2) is 4.98 Å². The topological polar surface area (TPSA) is 28.2 Å². The molecule has 0 saturated heterocycles. The second kappa shape index (κ2) is 9.48. The molecule has 3 nitrogen and oxygen atoms in total. The van der Waals surface area contributed by atoms with Crippen LogP contribution in [0.25, 0.3) is 0 Å². The molecule has 0 radical (unpaired) electrons. The van der Waals surface area contributed by atoms with Crippen molar-refractivity contribution in [3.63, 3.8) is 0 Å². The smallest absolute Gasteiger partial charge is 0.136 e. The number of benzene rings is 1. The number of nitrogens with zero attached hydrogens (tertiary/aromatic N) is 2. The molecule has 0 saturated carbocycles. The van der Waals surface area contributed by atoms with E-state index in [4.69, 9.17) is 0 Å². The summed E-state index contributed by atoms with van der Waals surface area (Å²) in [5.41, 5.74) is 3.36. The molecule has 0 bridgehead atoms. The van der Waals surface area contributed by atoms with Gasteiger partial charge in [0.15, 0.2) is 0 Å². The molecule has 1 aromatic carbocycles. The Bertz CT molecular complexity index is 732. The number of para-hydroxylation sites is 1. The summed E-state index contributed by atoms with van der Waals surface area (Å²) in [4.78, 5) is 6.69. The maximum Gasteiger partial charge on any atom is 0.136 e. The van der Waals surface area contributed by atoms with Crippen molar-refractivity contribution in [2.24, 2.45) is 0 Å². The molecule has 0 fully saturated rings. The van der Waals surface area contributed by atoms with Gasteiger partial charge in [0.25, 0.3) is 0 Å². The monoisotopic (exact) mass is 333 g/mol. The zero-order valence-corrected chi connectivity index (χ0v) is 15.3. The zero-order valence-electron chi connectivity index (χ0n) is 15.3. The molecule has 0 aliphatic heterocycles. The van der Waals surface area contributed by atoms with Crippen molar-refractivity contribution in [1.29, 1.82) is 0 Å². The molecule has 1 unspecified atom stereocenters. The fraction of sp³-hybridized carbons (Fsp3) is 0.227. The summed E-state index contributed by atoms with van der Waals surface area (Å²) in [5, 5.41) is 3.03. The highest BCUT2D eigenvalue weighted by Crippen LogP contribution is 2.25. The van der Waals surface area contributed by atoms with Crippen LogP contribution < -0.4 is 10.2 Å². The first-order valence-electron chi connectivity index (χ1n) is 8.56. The molecule has 0 amide bonds. The van der Waals surface area contributed by atoms with Crippen molar-refractivity contribution in [2.75, 3.05) is 17.3 Å². The summed E-state index contributed by atoms with van der Waals surface area (Å²) >= 11 is 0. The molecular formula is C22H27N3. The second-order valence-electron chi connectivity index (χ2n) is 5.98. The Morgan fingerprint density at radius 3 is 2.44 bits per heavy atom. The van der Waals surface area contributed by atoms with Gasteiger partial charge in [-0.3, -0.25) is 0 Å². The molecule has 1 aromatic heterocycles. The number of hydrogen-bond donors (Lipinski definition) is 1. The van der Waals surface area contributed by atoms with Crippen molar-refractivity contribution < 1.29 is 0 Å². The Morgan fingerprint density at radius 1 is 1.16 bits per heavy atom. The molecule has 3 rings (SSSR count). The maximum absolute atomic E-state index is 4.48. The van der Waals surface area contributed by atoms with Gasteiger partial charge in [-0.05, 0) is 44.0 Å². The van der Waals surface area contributed by atoms with E-state index in [1.165, 1.54) is 5.56 Å². The van der Waals surface area contributed by atoms with Gasteiger partial charge in [-0.15, -0.1) is 0 Å². The Balaban J connectivity index is 0.000000236. The van der Waals surface area contributed by atoms with E-state index in [0.29, 0.717) is 6.04 Å². The van der Waals surface area contributed by atoms with E-state index in [-0.39, 0.29) is 0 Å². The van der Waals surface area contributed by atoms with Gasteiger partial charge in [0.05, 0.1) is 6.04 Å². The standard InChI is InChI=1S/C15H18N2.C7H9N/c1-12(2)17(14-9-5-4-6-10-14)15-13(3)8-7-11-16-15;1-8-7-5-3-2-4-6-7/h4-9,11,14H,1,10H2,2-3H3;2-6,8H,1H3. The van der Waals surface area contributed by atoms with Crippen molar-refractivity contribution in [2.45, 2.75) is 26.3 Å². The first kappa shape index (κ1) is 18.5. The molecule has 130 valence electrons. The highest BCUT2D eigenvalue weighted by atomic mass is 15.2. The van der Waals surface area contributed by atoms with E-state index in [9.17, 15) is 0 Å². The minimum Gasteiger partial charge on any atom is -0.388 e. The Hall–Kier alpha value is -2.81. The molecule has 2 aromatic rings.